The van der Waals surface area contributed by atoms with Gasteiger partial charge in [0.25, 0.3) is 0 Å². The smallest absolute Gasteiger partial charge is 0.423 e. The highest BCUT2D eigenvalue weighted by atomic mass is 79.9. The van der Waals surface area contributed by atoms with E-state index in [1.807, 2.05) is 115 Å². The SMILES string of the molecule is Nc1cccc(B(O)O)c1.[C-]#[N+]c1cccc(Cn2cc(-c3cccc(N)c3)c3cc([N+]#[C-])ccc32)c1.[C-]#[N+]c1cccc(Cn2cc(Br)c3cc([N+]#[C-])ccc32)c1. The van der Waals surface area contributed by atoms with Crippen molar-refractivity contribution in [2.45, 2.75) is 13.1 Å². The zero-order valence-electron chi connectivity index (χ0n) is 31.0. The Kier molecular flexibility index (Phi) is 12.7. The summed E-state index contributed by atoms with van der Waals surface area (Å²) in [4.78, 5) is 14.0. The second-order valence-corrected chi connectivity index (χ2v) is 14.0. The van der Waals surface area contributed by atoms with Crippen LogP contribution in [0.4, 0.5) is 34.1 Å². The van der Waals surface area contributed by atoms with Gasteiger partial charge >= 0.3 is 7.12 Å². The fourth-order valence-electron chi connectivity index (χ4n) is 6.43. The maximum atomic E-state index is 8.65. The van der Waals surface area contributed by atoms with E-state index < -0.39 is 7.12 Å². The minimum Gasteiger partial charge on any atom is -0.423 e. The maximum Gasteiger partial charge on any atom is 0.488 e. The van der Waals surface area contributed by atoms with E-state index in [0.717, 1.165) is 48.5 Å². The van der Waals surface area contributed by atoms with Gasteiger partial charge in [0.05, 0.1) is 26.3 Å². The van der Waals surface area contributed by atoms with Crippen LogP contribution in [0.2, 0.25) is 0 Å². The first-order chi connectivity index (χ1) is 28.1. The number of nitrogen functional groups attached to an aromatic ring is 2. The molecule has 0 saturated carbocycles. The molecule has 8 rings (SSSR count). The first kappa shape index (κ1) is 40.1. The molecule has 2 heterocycles. The molecule has 0 atom stereocenters. The van der Waals surface area contributed by atoms with Crippen LogP contribution in [0.25, 0.3) is 52.3 Å². The summed E-state index contributed by atoms with van der Waals surface area (Å²) < 4.78 is 5.25. The Balaban J connectivity index is 0.000000162. The first-order valence-electron chi connectivity index (χ1n) is 17.8. The third-order valence-electron chi connectivity index (χ3n) is 9.13. The lowest BCUT2D eigenvalue weighted by Crippen LogP contribution is -2.29. The van der Waals surface area contributed by atoms with Crippen LogP contribution in [0.1, 0.15) is 11.1 Å². The number of fused-ring (bicyclic) bond motifs is 2. The molecule has 0 radical (unpaired) electrons. The Morgan fingerprint density at radius 1 is 0.534 bits per heavy atom. The molecule has 12 heteroatoms. The lowest BCUT2D eigenvalue weighted by Gasteiger charge is -2.06. The van der Waals surface area contributed by atoms with Gasteiger partial charge in [0.1, 0.15) is 0 Å². The van der Waals surface area contributed by atoms with Crippen molar-refractivity contribution in [3.63, 3.8) is 0 Å². The van der Waals surface area contributed by atoms with Crippen molar-refractivity contribution < 1.29 is 10.0 Å². The summed E-state index contributed by atoms with van der Waals surface area (Å²) in [5, 5.41) is 19.4. The molecule has 280 valence electrons. The standard InChI is InChI=1S/C23H16N4.C17H10BrN3.C6H8BNO2/c1-25-19-8-3-5-16(11-19)14-27-15-22(17-6-4-7-18(24)12-17)21-13-20(26-2)9-10-23(21)27;1-19-13-5-3-4-12(8-13)10-21-11-16(18)15-9-14(20-2)6-7-17(15)21;8-6-3-1-2-5(4-6)7(9)10/h3-13,15H,14,24H2;3-9,11H,10H2;1-4,9-10H,8H2. The summed E-state index contributed by atoms with van der Waals surface area (Å²) in [6.07, 6.45) is 4.11. The van der Waals surface area contributed by atoms with Crippen LogP contribution in [0.3, 0.4) is 0 Å². The van der Waals surface area contributed by atoms with Crippen molar-refractivity contribution >= 4 is 84.4 Å². The van der Waals surface area contributed by atoms with Gasteiger partial charge < -0.3 is 30.6 Å². The lowest BCUT2D eigenvalue weighted by atomic mass is 9.80. The molecule has 6 aromatic carbocycles. The van der Waals surface area contributed by atoms with Crippen LogP contribution in [0, 0.1) is 26.3 Å². The van der Waals surface area contributed by atoms with Gasteiger partial charge in [-0.25, -0.2) is 19.4 Å². The summed E-state index contributed by atoms with van der Waals surface area (Å²) >= 11 is 3.55. The summed E-state index contributed by atoms with van der Waals surface area (Å²) in [7, 11) is -1.43. The number of halogens is 1. The number of hydrogen-bond donors (Lipinski definition) is 4. The minimum absolute atomic E-state index is 0.417. The van der Waals surface area contributed by atoms with Gasteiger partial charge in [0, 0.05) is 63.3 Å². The van der Waals surface area contributed by atoms with E-state index in [4.69, 9.17) is 47.8 Å². The molecule has 0 spiro atoms. The molecule has 0 aliphatic carbocycles. The summed E-state index contributed by atoms with van der Waals surface area (Å²) in [5.41, 5.74) is 21.9. The average Bonchev–Trinajstić information content (AvgIpc) is 3.76. The van der Waals surface area contributed by atoms with Crippen LogP contribution in [0.5, 0.6) is 0 Å². The Morgan fingerprint density at radius 2 is 1.02 bits per heavy atom. The van der Waals surface area contributed by atoms with Crippen LogP contribution in [-0.4, -0.2) is 26.3 Å². The molecular weight excluding hydrogens is 787 g/mol. The molecular formula is C46H34BBrN8O2. The van der Waals surface area contributed by atoms with Gasteiger partial charge in [-0.3, -0.25) is 0 Å². The maximum absolute atomic E-state index is 8.65. The van der Waals surface area contributed by atoms with E-state index in [1.165, 1.54) is 6.07 Å². The number of rotatable bonds is 6. The van der Waals surface area contributed by atoms with Crippen molar-refractivity contribution in [1.82, 2.24) is 9.13 Å². The number of anilines is 2. The van der Waals surface area contributed by atoms with Crippen LogP contribution in [-0.2, 0) is 13.1 Å². The molecule has 8 aromatic rings. The lowest BCUT2D eigenvalue weighted by molar-refractivity contribution is 0.426. The van der Waals surface area contributed by atoms with Gasteiger partial charge in [-0.1, -0.05) is 84.9 Å². The molecule has 58 heavy (non-hydrogen) atoms. The normalized spacial score (nSPS) is 10.2. The first-order valence-corrected chi connectivity index (χ1v) is 18.5. The van der Waals surface area contributed by atoms with Crippen molar-refractivity contribution in [3.05, 3.63) is 207 Å². The molecule has 2 aromatic heterocycles. The van der Waals surface area contributed by atoms with Crippen molar-refractivity contribution in [2.24, 2.45) is 0 Å². The number of aromatic nitrogens is 2. The van der Waals surface area contributed by atoms with Gasteiger partial charge in [0.2, 0.25) is 0 Å². The van der Waals surface area contributed by atoms with E-state index in [-0.39, 0.29) is 0 Å². The van der Waals surface area contributed by atoms with Gasteiger partial charge in [-0.15, -0.1) is 0 Å². The predicted octanol–water partition coefficient (Wildman–Crippen LogP) is 10.5. The summed E-state index contributed by atoms with van der Waals surface area (Å²) in [6.45, 7) is 30.1. The fourth-order valence-corrected chi connectivity index (χ4v) is 6.99. The predicted molar refractivity (Wildman–Crippen MR) is 238 cm³/mol. The Labute approximate surface area is 345 Å². The summed E-state index contributed by atoms with van der Waals surface area (Å²) in [6, 6.07) is 41.0. The van der Waals surface area contributed by atoms with E-state index >= 15 is 0 Å². The van der Waals surface area contributed by atoms with Crippen LogP contribution in [0.15, 0.2) is 150 Å². The number of nitrogens with zero attached hydrogens (tertiary/aromatic N) is 6. The number of nitrogens with two attached hydrogens (primary N) is 2. The topological polar surface area (TPSA) is 120 Å². The monoisotopic (exact) mass is 820 g/mol. The molecule has 0 aliphatic heterocycles. The van der Waals surface area contributed by atoms with E-state index in [9.17, 15) is 0 Å². The highest BCUT2D eigenvalue weighted by Crippen LogP contribution is 2.35. The minimum atomic E-state index is -1.43. The van der Waals surface area contributed by atoms with E-state index in [2.05, 4.69) is 50.6 Å². The highest BCUT2D eigenvalue weighted by molar-refractivity contribution is 9.10. The molecule has 0 aliphatic rings. The molecule has 0 fully saturated rings. The molecule has 10 nitrogen and oxygen atoms in total. The Bertz CT molecular complexity index is 2940. The zero-order chi connectivity index (χ0) is 41.2. The Morgan fingerprint density at radius 3 is 1.53 bits per heavy atom. The van der Waals surface area contributed by atoms with E-state index in [0.29, 0.717) is 52.7 Å². The van der Waals surface area contributed by atoms with Crippen LogP contribution < -0.4 is 16.9 Å². The average molecular weight is 822 g/mol. The quantitative estimate of drug-likeness (QED) is 0.0758. The van der Waals surface area contributed by atoms with Crippen molar-refractivity contribution in [3.8, 4) is 11.1 Å². The molecule has 0 unspecified atom stereocenters. The van der Waals surface area contributed by atoms with Crippen molar-refractivity contribution in [2.75, 3.05) is 11.5 Å². The third-order valence-corrected chi connectivity index (χ3v) is 9.76. The van der Waals surface area contributed by atoms with E-state index in [1.54, 1.807) is 18.2 Å². The second-order valence-electron chi connectivity index (χ2n) is 13.1. The van der Waals surface area contributed by atoms with Crippen molar-refractivity contribution in [1.29, 1.82) is 0 Å². The largest absolute Gasteiger partial charge is 0.488 e. The van der Waals surface area contributed by atoms with Crippen LogP contribution >= 0.6 is 15.9 Å². The second kappa shape index (κ2) is 18.4. The van der Waals surface area contributed by atoms with Gasteiger partial charge in [-0.05, 0) is 92.0 Å². The fraction of sp³-hybridized carbons (Fsp3) is 0.0435. The van der Waals surface area contributed by atoms with Gasteiger partial charge in [-0.2, -0.15) is 0 Å². The third kappa shape index (κ3) is 9.62. The molecule has 0 amide bonds. The zero-order valence-corrected chi connectivity index (χ0v) is 32.5. The Hall–Kier alpha value is -7.58. The molecule has 0 bridgehead atoms. The molecule has 0 saturated heterocycles. The highest BCUT2D eigenvalue weighted by Gasteiger charge is 2.13. The van der Waals surface area contributed by atoms with Gasteiger partial charge in [0.15, 0.2) is 22.7 Å². The number of benzene rings is 6. The molecule has 6 N–H and O–H groups in total. The number of hydrogen-bond acceptors (Lipinski definition) is 4. The summed E-state index contributed by atoms with van der Waals surface area (Å²) in [5.74, 6) is 0.